The molecule has 6 heteroatoms. The molecule has 1 aromatic heterocycles. The number of rotatable bonds is 7. The average Bonchev–Trinajstić information content (AvgIpc) is 2.99. The summed E-state index contributed by atoms with van der Waals surface area (Å²) in [5, 5.41) is 12.2. The maximum absolute atomic E-state index is 12.3. The molecule has 0 saturated carbocycles. The Bertz CT molecular complexity index is 962. The Hall–Kier alpha value is -3.33. The van der Waals surface area contributed by atoms with Gasteiger partial charge in [-0.05, 0) is 76.1 Å². The maximum atomic E-state index is 12.3. The van der Waals surface area contributed by atoms with E-state index in [1.54, 1.807) is 25.1 Å². The molecular weight excluding hydrogens is 366 g/mol. The molecule has 2 rings (SSSR count). The topological polar surface area (TPSA) is 84.1 Å². The first-order valence-corrected chi connectivity index (χ1v) is 9.71. The Morgan fingerprint density at radius 3 is 2.45 bits per heavy atom. The molecule has 0 spiro atoms. The van der Waals surface area contributed by atoms with E-state index in [0.717, 1.165) is 29.1 Å². The van der Waals surface area contributed by atoms with Gasteiger partial charge >= 0.3 is 5.97 Å². The van der Waals surface area contributed by atoms with Crippen LogP contribution in [-0.2, 0) is 9.53 Å². The lowest BCUT2D eigenvalue weighted by Crippen LogP contribution is -2.32. The van der Waals surface area contributed by atoms with Crippen LogP contribution in [0.5, 0.6) is 0 Å². The summed E-state index contributed by atoms with van der Waals surface area (Å²) in [6.45, 7) is 9.86. The van der Waals surface area contributed by atoms with E-state index >= 15 is 0 Å². The highest BCUT2D eigenvalue weighted by molar-refractivity contribution is 6.02. The summed E-state index contributed by atoms with van der Waals surface area (Å²) >= 11 is 0. The largest absolute Gasteiger partial charge is 0.462 e. The molecule has 2 aromatic rings. The first-order valence-electron chi connectivity index (χ1n) is 9.71. The van der Waals surface area contributed by atoms with E-state index < -0.39 is 0 Å². The van der Waals surface area contributed by atoms with Crippen LogP contribution in [0.4, 0.5) is 0 Å². The quantitative estimate of drug-likeness (QED) is 0.436. The number of hydrogen-bond acceptors (Lipinski definition) is 4. The van der Waals surface area contributed by atoms with Crippen LogP contribution in [0.2, 0.25) is 0 Å². The van der Waals surface area contributed by atoms with Gasteiger partial charge in [-0.3, -0.25) is 4.79 Å². The summed E-state index contributed by atoms with van der Waals surface area (Å²) in [4.78, 5) is 24.2. The maximum Gasteiger partial charge on any atom is 0.338 e. The molecular formula is C23H27N3O3. The molecule has 6 nitrogen and oxygen atoms in total. The van der Waals surface area contributed by atoms with Crippen LogP contribution in [0.25, 0.3) is 11.8 Å². The molecule has 0 aliphatic rings. The van der Waals surface area contributed by atoms with Gasteiger partial charge in [0.15, 0.2) is 0 Å². The standard InChI is InChI=1S/C23H27N3O3/c1-6-15(3)25-22(27)20(14-24)13-19-12-16(4)26(17(19)5)21-10-8-18(9-11-21)23(28)29-7-2/h8-13,15H,6-7H2,1-5H3,(H,25,27)/b20-13+/t15-/m0/s1. The Morgan fingerprint density at radius 1 is 1.24 bits per heavy atom. The van der Waals surface area contributed by atoms with Gasteiger partial charge in [0.1, 0.15) is 11.6 Å². The molecule has 0 saturated heterocycles. The minimum absolute atomic E-state index is 0.00425. The molecule has 0 unspecified atom stereocenters. The lowest BCUT2D eigenvalue weighted by Gasteiger charge is -2.11. The number of carbonyl (C=O) groups excluding carboxylic acids is 2. The van der Waals surface area contributed by atoms with Gasteiger partial charge in [-0.25, -0.2) is 4.79 Å². The third-order valence-electron chi connectivity index (χ3n) is 4.76. The number of carbonyl (C=O) groups is 2. The average molecular weight is 393 g/mol. The minimum Gasteiger partial charge on any atom is -0.462 e. The predicted octanol–water partition coefficient (Wildman–Crippen LogP) is 4.09. The number of nitrogens with one attached hydrogen (secondary N) is 1. The summed E-state index contributed by atoms with van der Waals surface area (Å²) in [6.07, 6.45) is 2.41. The number of ether oxygens (including phenoxy) is 1. The highest BCUT2D eigenvalue weighted by Crippen LogP contribution is 2.23. The second-order valence-corrected chi connectivity index (χ2v) is 6.88. The molecule has 0 radical (unpaired) electrons. The molecule has 0 bridgehead atoms. The Kier molecular flexibility index (Phi) is 7.38. The van der Waals surface area contributed by atoms with Crippen molar-refractivity contribution in [3.8, 4) is 11.8 Å². The van der Waals surface area contributed by atoms with Gasteiger partial charge in [-0.2, -0.15) is 5.26 Å². The number of benzene rings is 1. The highest BCUT2D eigenvalue weighted by atomic mass is 16.5. The summed E-state index contributed by atoms with van der Waals surface area (Å²) in [5.74, 6) is -0.722. The van der Waals surface area contributed by atoms with Crippen molar-refractivity contribution in [3.05, 3.63) is 58.4 Å². The molecule has 1 aromatic carbocycles. The fourth-order valence-corrected chi connectivity index (χ4v) is 3.00. The van der Waals surface area contributed by atoms with E-state index in [-0.39, 0.29) is 23.5 Å². The van der Waals surface area contributed by atoms with E-state index in [1.165, 1.54) is 0 Å². The monoisotopic (exact) mass is 393 g/mol. The van der Waals surface area contributed by atoms with Gasteiger partial charge in [0.05, 0.1) is 12.2 Å². The van der Waals surface area contributed by atoms with Crippen molar-refractivity contribution in [2.75, 3.05) is 6.61 Å². The van der Waals surface area contributed by atoms with Crippen molar-refractivity contribution in [3.63, 3.8) is 0 Å². The van der Waals surface area contributed by atoms with Crippen LogP contribution in [0, 0.1) is 25.2 Å². The highest BCUT2D eigenvalue weighted by Gasteiger charge is 2.15. The third kappa shape index (κ3) is 5.14. The van der Waals surface area contributed by atoms with Crippen LogP contribution >= 0.6 is 0 Å². The van der Waals surface area contributed by atoms with Gasteiger partial charge in [0, 0.05) is 23.1 Å². The van der Waals surface area contributed by atoms with Crippen molar-refractivity contribution >= 4 is 18.0 Å². The molecule has 0 aliphatic carbocycles. The molecule has 1 amide bonds. The smallest absolute Gasteiger partial charge is 0.338 e. The van der Waals surface area contributed by atoms with Crippen molar-refractivity contribution < 1.29 is 14.3 Å². The zero-order valence-electron chi connectivity index (χ0n) is 17.6. The zero-order valence-corrected chi connectivity index (χ0v) is 17.6. The van der Waals surface area contributed by atoms with E-state index in [2.05, 4.69) is 5.32 Å². The lowest BCUT2D eigenvalue weighted by atomic mass is 10.1. The SMILES string of the molecule is CCOC(=O)c1ccc(-n2c(C)cc(/C=C(\C#N)C(=O)N[C@@H](C)CC)c2C)cc1. The Morgan fingerprint density at radius 2 is 1.90 bits per heavy atom. The van der Waals surface area contributed by atoms with Crippen LogP contribution in [0.1, 0.15) is 54.5 Å². The van der Waals surface area contributed by atoms with Gasteiger partial charge < -0.3 is 14.6 Å². The third-order valence-corrected chi connectivity index (χ3v) is 4.76. The van der Waals surface area contributed by atoms with Gasteiger partial charge in [-0.1, -0.05) is 6.92 Å². The number of nitrogens with zero attached hydrogens (tertiary/aromatic N) is 2. The summed E-state index contributed by atoms with van der Waals surface area (Å²) in [6, 6.07) is 11.1. The minimum atomic E-state index is -0.370. The van der Waals surface area contributed by atoms with Crippen LogP contribution < -0.4 is 5.32 Å². The molecule has 1 N–H and O–H groups in total. The molecule has 152 valence electrons. The van der Waals surface area contributed by atoms with E-state index in [0.29, 0.717) is 12.2 Å². The van der Waals surface area contributed by atoms with Gasteiger partial charge in [0.2, 0.25) is 0 Å². The Balaban J connectivity index is 2.36. The number of aryl methyl sites for hydroxylation is 1. The number of hydrogen-bond donors (Lipinski definition) is 1. The number of esters is 1. The first-order chi connectivity index (χ1) is 13.8. The normalized spacial score (nSPS) is 12.2. The zero-order chi connectivity index (χ0) is 21.6. The molecule has 1 heterocycles. The van der Waals surface area contributed by atoms with E-state index in [1.807, 2.05) is 56.5 Å². The lowest BCUT2D eigenvalue weighted by molar-refractivity contribution is -0.117. The number of nitriles is 1. The van der Waals surface area contributed by atoms with Crippen LogP contribution in [-0.4, -0.2) is 29.1 Å². The first kappa shape index (κ1) is 22.0. The van der Waals surface area contributed by atoms with Gasteiger partial charge in [-0.15, -0.1) is 0 Å². The Labute approximate surface area is 171 Å². The van der Waals surface area contributed by atoms with E-state index in [4.69, 9.17) is 4.74 Å². The molecule has 0 fully saturated rings. The number of amides is 1. The molecule has 0 aliphatic heterocycles. The van der Waals surface area contributed by atoms with Crippen LogP contribution in [0.3, 0.4) is 0 Å². The van der Waals surface area contributed by atoms with Crippen molar-refractivity contribution in [1.29, 1.82) is 5.26 Å². The fourth-order valence-electron chi connectivity index (χ4n) is 3.00. The predicted molar refractivity (Wildman–Crippen MR) is 113 cm³/mol. The van der Waals surface area contributed by atoms with Crippen molar-refractivity contribution in [2.45, 2.75) is 47.1 Å². The van der Waals surface area contributed by atoms with Crippen molar-refractivity contribution in [1.82, 2.24) is 9.88 Å². The summed E-state index contributed by atoms with van der Waals surface area (Å²) in [5.41, 5.74) is 4.10. The fraction of sp³-hybridized carbons (Fsp3) is 0.348. The summed E-state index contributed by atoms with van der Waals surface area (Å²) in [7, 11) is 0. The van der Waals surface area contributed by atoms with E-state index in [9.17, 15) is 14.9 Å². The van der Waals surface area contributed by atoms with Crippen molar-refractivity contribution in [2.24, 2.45) is 0 Å². The second kappa shape index (κ2) is 9.74. The van der Waals surface area contributed by atoms with Gasteiger partial charge in [0.25, 0.3) is 5.91 Å². The summed E-state index contributed by atoms with van der Waals surface area (Å²) < 4.78 is 7.03. The molecule has 1 atom stereocenters. The van der Waals surface area contributed by atoms with Crippen LogP contribution in [0.15, 0.2) is 35.9 Å². The molecule has 29 heavy (non-hydrogen) atoms. The second-order valence-electron chi connectivity index (χ2n) is 6.88. The number of aromatic nitrogens is 1.